The molecule has 0 spiro atoms. The van der Waals surface area contributed by atoms with E-state index >= 15 is 0 Å². The highest BCUT2D eigenvalue weighted by Crippen LogP contribution is 2.16. The molecular formula is C23H28N2O2. The molecule has 2 amide bonds. The number of likely N-dealkylation sites (tertiary alicyclic amines) is 1. The van der Waals surface area contributed by atoms with Crippen molar-refractivity contribution in [2.75, 3.05) is 13.1 Å². The summed E-state index contributed by atoms with van der Waals surface area (Å²) in [6.07, 6.45) is 2.89. The Morgan fingerprint density at radius 1 is 1.00 bits per heavy atom. The van der Waals surface area contributed by atoms with Crippen LogP contribution in [0.4, 0.5) is 0 Å². The van der Waals surface area contributed by atoms with Gasteiger partial charge in [0.15, 0.2) is 0 Å². The summed E-state index contributed by atoms with van der Waals surface area (Å²) in [4.78, 5) is 26.8. The van der Waals surface area contributed by atoms with Crippen molar-refractivity contribution in [1.29, 1.82) is 0 Å². The lowest BCUT2D eigenvalue weighted by Gasteiger charge is -2.32. The van der Waals surface area contributed by atoms with Crippen LogP contribution in [-0.4, -0.2) is 35.8 Å². The highest BCUT2D eigenvalue weighted by atomic mass is 16.2. The average molecular weight is 364 g/mol. The third-order valence-electron chi connectivity index (χ3n) is 5.28. The van der Waals surface area contributed by atoms with Gasteiger partial charge >= 0.3 is 0 Å². The zero-order valence-electron chi connectivity index (χ0n) is 16.2. The van der Waals surface area contributed by atoms with Crippen LogP contribution in [0.25, 0.3) is 0 Å². The molecule has 0 radical (unpaired) electrons. The van der Waals surface area contributed by atoms with Gasteiger partial charge in [-0.15, -0.1) is 0 Å². The Bertz CT molecular complexity index is 790. The van der Waals surface area contributed by atoms with Crippen molar-refractivity contribution < 1.29 is 9.59 Å². The average Bonchev–Trinajstić information content (AvgIpc) is 2.68. The lowest BCUT2D eigenvalue weighted by atomic mass is 10.0. The van der Waals surface area contributed by atoms with Gasteiger partial charge in [0, 0.05) is 31.1 Å². The van der Waals surface area contributed by atoms with Crippen molar-refractivity contribution in [3.63, 3.8) is 0 Å². The standard InChI is InChI=1S/C23H28N2O2/c1-17-7-9-19(10-8-17)11-12-22(26)24-20-13-15-25(16-14-20)23(27)21-6-4-3-5-18(21)2/h3-10,20H,11-16H2,1-2H3,(H,24,26). The lowest BCUT2D eigenvalue weighted by Crippen LogP contribution is -2.46. The number of benzene rings is 2. The van der Waals surface area contributed by atoms with E-state index < -0.39 is 0 Å². The molecule has 0 atom stereocenters. The summed E-state index contributed by atoms with van der Waals surface area (Å²) >= 11 is 0. The molecule has 3 rings (SSSR count). The van der Waals surface area contributed by atoms with Gasteiger partial charge in [-0.05, 0) is 50.3 Å². The second-order valence-electron chi connectivity index (χ2n) is 7.43. The highest BCUT2D eigenvalue weighted by molar-refractivity contribution is 5.95. The van der Waals surface area contributed by atoms with Crippen molar-refractivity contribution in [1.82, 2.24) is 10.2 Å². The van der Waals surface area contributed by atoms with E-state index in [0.717, 1.165) is 30.4 Å². The van der Waals surface area contributed by atoms with Crippen molar-refractivity contribution in [3.05, 3.63) is 70.8 Å². The predicted molar refractivity (Wildman–Crippen MR) is 108 cm³/mol. The number of aryl methyl sites for hydroxylation is 3. The molecule has 27 heavy (non-hydrogen) atoms. The molecule has 1 saturated heterocycles. The number of nitrogens with one attached hydrogen (secondary N) is 1. The van der Waals surface area contributed by atoms with Crippen molar-refractivity contribution >= 4 is 11.8 Å². The summed E-state index contributed by atoms with van der Waals surface area (Å²) < 4.78 is 0. The maximum Gasteiger partial charge on any atom is 0.254 e. The fraction of sp³-hybridized carbons (Fsp3) is 0.391. The number of piperidine rings is 1. The molecular weight excluding hydrogens is 336 g/mol. The molecule has 1 aliphatic heterocycles. The largest absolute Gasteiger partial charge is 0.353 e. The third-order valence-corrected chi connectivity index (χ3v) is 5.28. The Labute approximate surface area is 161 Å². The summed E-state index contributed by atoms with van der Waals surface area (Å²) in [6.45, 7) is 5.41. The topological polar surface area (TPSA) is 49.4 Å². The quantitative estimate of drug-likeness (QED) is 0.880. The number of carbonyl (C=O) groups is 2. The Hall–Kier alpha value is -2.62. The number of nitrogens with zero attached hydrogens (tertiary/aromatic N) is 1. The lowest BCUT2D eigenvalue weighted by molar-refractivity contribution is -0.122. The van der Waals surface area contributed by atoms with Crippen LogP contribution in [0.15, 0.2) is 48.5 Å². The minimum atomic E-state index is 0.0947. The van der Waals surface area contributed by atoms with E-state index in [-0.39, 0.29) is 17.9 Å². The van der Waals surface area contributed by atoms with Crippen LogP contribution in [0.2, 0.25) is 0 Å². The summed E-state index contributed by atoms with van der Waals surface area (Å²) in [5.74, 6) is 0.191. The van der Waals surface area contributed by atoms with E-state index in [1.54, 1.807) is 0 Å². The first-order chi connectivity index (χ1) is 13.0. The van der Waals surface area contributed by atoms with E-state index in [0.29, 0.717) is 19.5 Å². The Morgan fingerprint density at radius 3 is 2.33 bits per heavy atom. The number of carbonyl (C=O) groups excluding carboxylic acids is 2. The van der Waals surface area contributed by atoms with Gasteiger partial charge in [0.2, 0.25) is 5.91 Å². The summed E-state index contributed by atoms with van der Waals surface area (Å²) in [7, 11) is 0. The van der Waals surface area contributed by atoms with Crippen LogP contribution in [0.3, 0.4) is 0 Å². The van der Waals surface area contributed by atoms with Gasteiger partial charge in [-0.1, -0.05) is 48.0 Å². The number of rotatable bonds is 5. The van der Waals surface area contributed by atoms with Crippen LogP contribution >= 0.6 is 0 Å². The van der Waals surface area contributed by atoms with Gasteiger partial charge in [-0.3, -0.25) is 9.59 Å². The molecule has 0 aromatic heterocycles. The first-order valence-electron chi connectivity index (χ1n) is 9.73. The normalized spacial score (nSPS) is 14.8. The van der Waals surface area contributed by atoms with E-state index in [9.17, 15) is 9.59 Å². The molecule has 0 aliphatic carbocycles. The molecule has 4 heteroatoms. The zero-order chi connectivity index (χ0) is 19.2. The van der Waals surface area contributed by atoms with Crippen molar-refractivity contribution in [2.24, 2.45) is 0 Å². The van der Waals surface area contributed by atoms with E-state index in [4.69, 9.17) is 0 Å². The number of hydrogen-bond donors (Lipinski definition) is 1. The SMILES string of the molecule is Cc1ccc(CCC(=O)NC2CCN(C(=O)c3ccccc3C)CC2)cc1. The first kappa shape index (κ1) is 19.2. The molecule has 0 bridgehead atoms. The minimum absolute atomic E-state index is 0.0947. The summed E-state index contributed by atoms with van der Waals surface area (Å²) in [5, 5.41) is 3.13. The molecule has 1 heterocycles. The molecule has 1 aliphatic rings. The number of amides is 2. The van der Waals surface area contributed by atoms with E-state index in [1.165, 1.54) is 11.1 Å². The zero-order valence-corrected chi connectivity index (χ0v) is 16.2. The summed E-state index contributed by atoms with van der Waals surface area (Å²) in [5.41, 5.74) is 4.21. The van der Waals surface area contributed by atoms with Gasteiger partial charge in [-0.2, -0.15) is 0 Å². The van der Waals surface area contributed by atoms with E-state index in [1.807, 2.05) is 36.1 Å². The smallest absolute Gasteiger partial charge is 0.254 e. The molecule has 142 valence electrons. The minimum Gasteiger partial charge on any atom is -0.353 e. The van der Waals surface area contributed by atoms with Gasteiger partial charge in [0.1, 0.15) is 0 Å². The molecule has 0 saturated carbocycles. The van der Waals surface area contributed by atoms with Crippen LogP contribution in [0.5, 0.6) is 0 Å². The van der Waals surface area contributed by atoms with Crippen LogP contribution in [-0.2, 0) is 11.2 Å². The molecule has 1 fully saturated rings. The van der Waals surface area contributed by atoms with E-state index in [2.05, 4.69) is 36.5 Å². The van der Waals surface area contributed by atoms with Gasteiger partial charge in [0.25, 0.3) is 5.91 Å². The van der Waals surface area contributed by atoms with Crippen LogP contribution in [0.1, 0.15) is 46.3 Å². The van der Waals surface area contributed by atoms with Gasteiger partial charge < -0.3 is 10.2 Å². The molecule has 2 aromatic carbocycles. The maximum atomic E-state index is 12.7. The molecule has 4 nitrogen and oxygen atoms in total. The van der Waals surface area contributed by atoms with Crippen LogP contribution in [0, 0.1) is 13.8 Å². The van der Waals surface area contributed by atoms with Crippen molar-refractivity contribution in [2.45, 2.75) is 45.6 Å². The predicted octanol–water partition coefficient (Wildman–Crippen LogP) is 3.66. The highest BCUT2D eigenvalue weighted by Gasteiger charge is 2.25. The fourth-order valence-corrected chi connectivity index (χ4v) is 3.52. The van der Waals surface area contributed by atoms with Crippen molar-refractivity contribution in [3.8, 4) is 0 Å². The fourth-order valence-electron chi connectivity index (χ4n) is 3.52. The van der Waals surface area contributed by atoms with Crippen LogP contribution < -0.4 is 5.32 Å². The first-order valence-corrected chi connectivity index (χ1v) is 9.73. The Balaban J connectivity index is 1.43. The Morgan fingerprint density at radius 2 is 1.67 bits per heavy atom. The Kier molecular flexibility index (Phi) is 6.28. The number of hydrogen-bond acceptors (Lipinski definition) is 2. The monoisotopic (exact) mass is 364 g/mol. The second-order valence-corrected chi connectivity index (χ2v) is 7.43. The van der Waals surface area contributed by atoms with Gasteiger partial charge in [0.05, 0.1) is 0 Å². The van der Waals surface area contributed by atoms with Gasteiger partial charge in [-0.25, -0.2) is 0 Å². The summed E-state index contributed by atoms with van der Waals surface area (Å²) in [6, 6.07) is 16.2. The molecule has 0 unspecified atom stereocenters. The second kappa shape index (κ2) is 8.85. The third kappa shape index (κ3) is 5.19. The molecule has 2 aromatic rings. The molecule has 1 N–H and O–H groups in total. The maximum absolute atomic E-state index is 12.7.